The molecule has 1 aromatic rings. The number of nitrogens with one attached hydrogen (secondary N) is 1. The molecule has 102 valence electrons. The van der Waals surface area contributed by atoms with Crippen LogP contribution < -0.4 is 10.1 Å². The smallest absolute Gasteiger partial charge is 0.261 e. The van der Waals surface area contributed by atoms with Crippen molar-refractivity contribution in [2.75, 3.05) is 0 Å². The molecule has 3 nitrogen and oxygen atoms in total. The number of rotatable bonds is 2. The van der Waals surface area contributed by atoms with Gasteiger partial charge < -0.3 is 10.1 Å². The first kappa shape index (κ1) is 12.8. The first-order chi connectivity index (χ1) is 9.22. The zero-order chi connectivity index (χ0) is 13.2. The molecule has 0 radical (unpaired) electrons. The quantitative estimate of drug-likeness (QED) is 0.903. The molecule has 1 saturated carbocycles. The van der Waals surface area contributed by atoms with E-state index in [1.807, 2.05) is 12.1 Å². The van der Waals surface area contributed by atoms with Gasteiger partial charge in [0.25, 0.3) is 5.91 Å². The van der Waals surface area contributed by atoms with E-state index in [0.717, 1.165) is 24.2 Å². The number of hydrogen-bond acceptors (Lipinski definition) is 2. The van der Waals surface area contributed by atoms with Crippen LogP contribution in [0.5, 0.6) is 5.75 Å². The van der Waals surface area contributed by atoms with Crippen LogP contribution in [0.2, 0.25) is 5.02 Å². The maximum absolute atomic E-state index is 12.2. The standard InChI is InChI=1S/C15H18ClNO2/c16-11-6-7-13-10(8-11)9-14(19-13)15(18)17-12-4-2-1-3-5-12/h6-8,12,14H,1-5,9H2,(H,17,18)/t14-/m0/s1. The summed E-state index contributed by atoms with van der Waals surface area (Å²) < 4.78 is 5.69. The Hall–Kier alpha value is -1.22. The Labute approximate surface area is 118 Å². The lowest BCUT2D eigenvalue weighted by Crippen LogP contribution is -2.44. The summed E-state index contributed by atoms with van der Waals surface area (Å²) in [5.74, 6) is 0.799. The second-order valence-corrected chi connectivity index (χ2v) is 5.84. The highest BCUT2D eigenvalue weighted by molar-refractivity contribution is 6.30. The second kappa shape index (κ2) is 5.41. The second-order valence-electron chi connectivity index (χ2n) is 5.41. The Balaban J connectivity index is 1.60. The average molecular weight is 280 g/mol. The minimum Gasteiger partial charge on any atom is -0.480 e. The highest BCUT2D eigenvalue weighted by atomic mass is 35.5. The molecule has 3 rings (SSSR count). The van der Waals surface area contributed by atoms with Crippen molar-refractivity contribution in [3.63, 3.8) is 0 Å². The molecule has 0 saturated heterocycles. The summed E-state index contributed by atoms with van der Waals surface area (Å²) in [6, 6.07) is 5.84. The molecule has 1 aliphatic carbocycles. The molecule has 1 amide bonds. The van der Waals surface area contributed by atoms with Crippen LogP contribution in [0.25, 0.3) is 0 Å². The maximum Gasteiger partial charge on any atom is 0.261 e. The number of carbonyl (C=O) groups is 1. The summed E-state index contributed by atoms with van der Waals surface area (Å²) >= 11 is 5.95. The molecule has 1 atom stereocenters. The molecule has 1 N–H and O–H groups in total. The molecule has 19 heavy (non-hydrogen) atoms. The molecule has 4 heteroatoms. The zero-order valence-electron chi connectivity index (χ0n) is 10.8. The van der Waals surface area contributed by atoms with Gasteiger partial charge in [-0.05, 0) is 36.6 Å². The van der Waals surface area contributed by atoms with E-state index in [1.165, 1.54) is 19.3 Å². The summed E-state index contributed by atoms with van der Waals surface area (Å²) in [5.41, 5.74) is 1.02. The summed E-state index contributed by atoms with van der Waals surface area (Å²) in [4.78, 5) is 12.2. The van der Waals surface area contributed by atoms with Crippen molar-refractivity contribution in [3.8, 4) is 5.75 Å². The fourth-order valence-corrected chi connectivity index (χ4v) is 3.10. The van der Waals surface area contributed by atoms with E-state index in [4.69, 9.17) is 16.3 Å². The van der Waals surface area contributed by atoms with E-state index in [0.29, 0.717) is 17.5 Å². The van der Waals surface area contributed by atoms with E-state index in [-0.39, 0.29) is 5.91 Å². The average Bonchev–Trinajstić information content (AvgIpc) is 2.83. The predicted molar refractivity (Wildman–Crippen MR) is 74.6 cm³/mol. The van der Waals surface area contributed by atoms with Crippen molar-refractivity contribution in [3.05, 3.63) is 28.8 Å². The van der Waals surface area contributed by atoms with Crippen LogP contribution in [0.1, 0.15) is 37.7 Å². The van der Waals surface area contributed by atoms with Crippen LogP contribution in [-0.4, -0.2) is 18.1 Å². The summed E-state index contributed by atoms with van der Waals surface area (Å²) in [6.45, 7) is 0. The molecule has 0 aromatic heterocycles. The van der Waals surface area contributed by atoms with Crippen molar-refractivity contribution >= 4 is 17.5 Å². The maximum atomic E-state index is 12.2. The predicted octanol–water partition coefficient (Wildman–Crippen LogP) is 3.09. The monoisotopic (exact) mass is 279 g/mol. The van der Waals surface area contributed by atoms with Crippen LogP contribution in [-0.2, 0) is 11.2 Å². The molecule has 1 aliphatic heterocycles. The Kier molecular flexibility index (Phi) is 3.65. The minimum absolute atomic E-state index is 0.0132. The van der Waals surface area contributed by atoms with Crippen molar-refractivity contribution < 1.29 is 9.53 Å². The molecule has 2 aliphatic rings. The number of fused-ring (bicyclic) bond motifs is 1. The van der Waals surface area contributed by atoms with Gasteiger partial charge in [0.2, 0.25) is 0 Å². The van der Waals surface area contributed by atoms with Crippen molar-refractivity contribution in [1.82, 2.24) is 5.32 Å². The van der Waals surface area contributed by atoms with Gasteiger partial charge in [-0.3, -0.25) is 4.79 Å². The molecular formula is C15H18ClNO2. The number of carbonyl (C=O) groups excluding carboxylic acids is 1. The lowest BCUT2D eigenvalue weighted by Gasteiger charge is -2.24. The van der Waals surface area contributed by atoms with Crippen LogP contribution >= 0.6 is 11.6 Å². The lowest BCUT2D eigenvalue weighted by molar-refractivity contribution is -0.128. The van der Waals surface area contributed by atoms with Gasteiger partial charge in [-0.2, -0.15) is 0 Å². The van der Waals surface area contributed by atoms with Crippen LogP contribution in [0.15, 0.2) is 18.2 Å². The van der Waals surface area contributed by atoms with Gasteiger partial charge in [0.15, 0.2) is 6.10 Å². The highest BCUT2D eigenvalue weighted by Gasteiger charge is 2.30. The Bertz CT molecular complexity index is 483. The SMILES string of the molecule is O=C(NC1CCCCC1)[C@@H]1Cc2cc(Cl)ccc2O1. The van der Waals surface area contributed by atoms with Gasteiger partial charge in [-0.1, -0.05) is 30.9 Å². The third kappa shape index (κ3) is 2.86. The third-order valence-electron chi connectivity index (χ3n) is 3.94. The largest absolute Gasteiger partial charge is 0.480 e. The van der Waals surface area contributed by atoms with Gasteiger partial charge in [-0.15, -0.1) is 0 Å². The third-order valence-corrected chi connectivity index (χ3v) is 4.18. The fourth-order valence-electron chi connectivity index (χ4n) is 2.90. The van der Waals surface area contributed by atoms with Gasteiger partial charge in [0, 0.05) is 17.5 Å². The van der Waals surface area contributed by atoms with E-state index in [2.05, 4.69) is 5.32 Å². The molecule has 1 aromatic carbocycles. The Morgan fingerprint density at radius 1 is 1.26 bits per heavy atom. The summed E-state index contributed by atoms with van der Waals surface area (Å²) in [5, 5.41) is 3.80. The zero-order valence-corrected chi connectivity index (χ0v) is 11.6. The van der Waals surface area contributed by atoms with Gasteiger partial charge >= 0.3 is 0 Å². The number of ether oxygens (including phenoxy) is 1. The fraction of sp³-hybridized carbons (Fsp3) is 0.533. The van der Waals surface area contributed by atoms with Crippen LogP contribution in [0, 0.1) is 0 Å². The number of halogens is 1. The van der Waals surface area contributed by atoms with Crippen LogP contribution in [0.4, 0.5) is 0 Å². The first-order valence-corrected chi connectivity index (χ1v) is 7.35. The van der Waals surface area contributed by atoms with E-state index in [1.54, 1.807) is 6.07 Å². The summed E-state index contributed by atoms with van der Waals surface area (Å²) in [6.07, 6.45) is 6.13. The van der Waals surface area contributed by atoms with Crippen molar-refractivity contribution in [2.45, 2.75) is 50.7 Å². The van der Waals surface area contributed by atoms with Crippen molar-refractivity contribution in [2.24, 2.45) is 0 Å². The molecule has 0 bridgehead atoms. The normalized spacial score (nSPS) is 22.7. The first-order valence-electron chi connectivity index (χ1n) is 6.98. The summed E-state index contributed by atoms with van der Waals surface area (Å²) in [7, 11) is 0. The number of hydrogen-bond donors (Lipinski definition) is 1. The van der Waals surface area contributed by atoms with E-state index < -0.39 is 6.10 Å². The highest BCUT2D eigenvalue weighted by Crippen LogP contribution is 2.31. The lowest BCUT2D eigenvalue weighted by atomic mass is 9.95. The molecular weight excluding hydrogens is 262 g/mol. The molecule has 1 fully saturated rings. The minimum atomic E-state index is -0.393. The number of benzene rings is 1. The van der Waals surface area contributed by atoms with E-state index in [9.17, 15) is 4.79 Å². The van der Waals surface area contributed by atoms with Gasteiger partial charge in [0.05, 0.1) is 0 Å². The topological polar surface area (TPSA) is 38.3 Å². The Morgan fingerprint density at radius 2 is 2.05 bits per heavy atom. The van der Waals surface area contributed by atoms with E-state index >= 15 is 0 Å². The van der Waals surface area contributed by atoms with Gasteiger partial charge in [0.1, 0.15) is 5.75 Å². The molecule has 1 heterocycles. The molecule has 0 spiro atoms. The number of amides is 1. The van der Waals surface area contributed by atoms with Crippen molar-refractivity contribution in [1.29, 1.82) is 0 Å². The van der Waals surface area contributed by atoms with Gasteiger partial charge in [-0.25, -0.2) is 0 Å². The Morgan fingerprint density at radius 3 is 2.84 bits per heavy atom. The molecule has 0 unspecified atom stereocenters. The van der Waals surface area contributed by atoms with Crippen LogP contribution in [0.3, 0.4) is 0 Å².